The van der Waals surface area contributed by atoms with Gasteiger partial charge in [-0.3, -0.25) is 4.99 Å². The number of guanidine groups is 1. The second kappa shape index (κ2) is 9.93. The van der Waals surface area contributed by atoms with E-state index in [2.05, 4.69) is 43.9 Å². The number of nitrogens with one attached hydrogen (secondary N) is 2. The summed E-state index contributed by atoms with van der Waals surface area (Å²) in [4.78, 5) is 8.95. The zero-order valence-electron chi connectivity index (χ0n) is 17.9. The first-order valence-electron chi connectivity index (χ1n) is 10.9. The highest BCUT2D eigenvalue weighted by Crippen LogP contribution is 2.26. The van der Waals surface area contributed by atoms with Gasteiger partial charge in [0.2, 0.25) is 0 Å². The maximum Gasteiger partial charge on any atom is 0.191 e. The number of hydrogen-bond donors (Lipinski definition) is 2. The molecule has 2 aliphatic rings. The van der Waals surface area contributed by atoms with Gasteiger partial charge in [0, 0.05) is 38.7 Å². The molecule has 1 aromatic heterocycles. The fraction of sp³-hybridized carbons (Fsp3) is 0.591. The number of nitrogens with zero attached hydrogens (tertiary/aromatic N) is 4. The van der Waals surface area contributed by atoms with Gasteiger partial charge in [0.15, 0.2) is 11.8 Å². The third-order valence-electron chi connectivity index (χ3n) is 5.75. The van der Waals surface area contributed by atoms with Crippen molar-refractivity contribution in [3.8, 4) is 5.75 Å². The minimum Gasteiger partial charge on any atom is -0.490 e. The van der Waals surface area contributed by atoms with Gasteiger partial charge in [-0.2, -0.15) is 5.10 Å². The van der Waals surface area contributed by atoms with Crippen molar-refractivity contribution in [2.75, 3.05) is 14.2 Å². The van der Waals surface area contributed by atoms with Crippen molar-refractivity contribution in [2.45, 2.75) is 70.4 Å². The third kappa shape index (κ3) is 5.11. The van der Waals surface area contributed by atoms with E-state index in [-0.39, 0.29) is 6.04 Å². The summed E-state index contributed by atoms with van der Waals surface area (Å²) < 4.78 is 13.4. The van der Waals surface area contributed by atoms with Crippen molar-refractivity contribution >= 4 is 5.96 Å². The lowest BCUT2D eigenvalue weighted by Crippen LogP contribution is -2.46. The van der Waals surface area contributed by atoms with Crippen LogP contribution < -0.4 is 15.4 Å². The van der Waals surface area contributed by atoms with Gasteiger partial charge in [-0.1, -0.05) is 18.2 Å². The van der Waals surface area contributed by atoms with Crippen molar-refractivity contribution in [3.63, 3.8) is 0 Å². The van der Waals surface area contributed by atoms with E-state index in [0.29, 0.717) is 19.3 Å². The van der Waals surface area contributed by atoms with Gasteiger partial charge in [-0.25, -0.2) is 9.67 Å². The zero-order chi connectivity index (χ0) is 20.8. The quantitative estimate of drug-likeness (QED) is 0.537. The van der Waals surface area contributed by atoms with Crippen LogP contribution in [0.1, 0.15) is 49.3 Å². The molecule has 4 rings (SSSR count). The van der Waals surface area contributed by atoms with Crippen molar-refractivity contribution < 1.29 is 9.47 Å². The SMILES string of the molecule is CN=C(NCc1ccccc1OC1CCCC1)NC1CCc2nc(COC)nn2C1. The van der Waals surface area contributed by atoms with Gasteiger partial charge < -0.3 is 20.1 Å². The molecule has 162 valence electrons. The molecule has 1 unspecified atom stereocenters. The second-order valence-corrected chi connectivity index (χ2v) is 8.00. The molecule has 1 aliphatic heterocycles. The Morgan fingerprint density at radius 2 is 2.07 bits per heavy atom. The average Bonchev–Trinajstić information content (AvgIpc) is 3.41. The summed E-state index contributed by atoms with van der Waals surface area (Å²) in [5.41, 5.74) is 1.15. The molecule has 0 bridgehead atoms. The van der Waals surface area contributed by atoms with Crippen LogP contribution in [-0.4, -0.2) is 47.0 Å². The van der Waals surface area contributed by atoms with E-state index < -0.39 is 0 Å². The molecular weight excluding hydrogens is 380 g/mol. The fourth-order valence-corrected chi connectivity index (χ4v) is 4.19. The van der Waals surface area contributed by atoms with Crippen LogP contribution in [0.25, 0.3) is 0 Å². The molecule has 1 fully saturated rings. The smallest absolute Gasteiger partial charge is 0.191 e. The van der Waals surface area contributed by atoms with E-state index in [1.54, 1.807) is 14.2 Å². The van der Waals surface area contributed by atoms with E-state index in [0.717, 1.165) is 61.1 Å². The van der Waals surface area contributed by atoms with Gasteiger partial charge in [-0.05, 0) is 38.2 Å². The lowest BCUT2D eigenvalue weighted by molar-refractivity contribution is 0.177. The largest absolute Gasteiger partial charge is 0.490 e. The number of para-hydroxylation sites is 1. The standard InChI is InChI=1S/C22H32N6O2/c1-23-22(25-17-11-12-21-26-20(15-29-2)27-28(21)14-17)24-13-16-7-3-6-10-19(16)30-18-8-4-5-9-18/h3,6-7,10,17-18H,4-5,8-9,11-15H2,1-2H3,(H2,23,24,25). The predicted molar refractivity (Wildman–Crippen MR) is 116 cm³/mol. The number of rotatable bonds is 7. The summed E-state index contributed by atoms with van der Waals surface area (Å²) in [5.74, 6) is 3.54. The minimum atomic E-state index is 0.255. The molecule has 0 radical (unpaired) electrons. The fourth-order valence-electron chi connectivity index (χ4n) is 4.19. The van der Waals surface area contributed by atoms with E-state index in [9.17, 15) is 0 Å². The molecule has 8 nitrogen and oxygen atoms in total. The van der Waals surface area contributed by atoms with Crippen molar-refractivity contribution in [2.24, 2.45) is 4.99 Å². The van der Waals surface area contributed by atoms with Crippen LogP contribution in [0.3, 0.4) is 0 Å². The molecule has 1 atom stereocenters. The van der Waals surface area contributed by atoms with Crippen LogP contribution in [-0.2, 0) is 30.9 Å². The van der Waals surface area contributed by atoms with E-state index in [1.807, 2.05) is 10.7 Å². The first-order valence-corrected chi connectivity index (χ1v) is 10.9. The number of hydrogen-bond acceptors (Lipinski definition) is 5. The number of aliphatic imine (C=N–C) groups is 1. The van der Waals surface area contributed by atoms with E-state index >= 15 is 0 Å². The van der Waals surface area contributed by atoms with Gasteiger partial charge in [0.25, 0.3) is 0 Å². The van der Waals surface area contributed by atoms with Crippen LogP contribution in [0.15, 0.2) is 29.3 Å². The Balaban J connectivity index is 1.32. The normalized spacial score (nSPS) is 19.5. The number of methoxy groups -OCH3 is 1. The topological polar surface area (TPSA) is 85.6 Å². The Labute approximate surface area is 178 Å². The molecule has 2 N–H and O–H groups in total. The highest BCUT2D eigenvalue weighted by atomic mass is 16.5. The van der Waals surface area contributed by atoms with Gasteiger partial charge >= 0.3 is 0 Å². The summed E-state index contributed by atoms with van der Waals surface area (Å²) in [7, 11) is 3.47. The first-order chi connectivity index (χ1) is 14.7. The molecule has 1 aromatic carbocycles. The number of aryl methyl sites for hydroxylation is 1. The number of benzene rings is 1. The molecule has 0 amide bonds. The van der Waals surface area contributed by atoms with Crippen LogP contribution in [0, 0.1) is 0 Å². The summed E-state index contributed by atoms with van der Waals surface area (Å²) in [6.07, 6.45) is 7.08. The minimum absolute atomic E-state index is 0.255. The van der Waals surface area contributed by atoms with Crippen molar-refractivity contribution in [1.29, 1.82) is 0 Å². The Morgan fingerprint density at radius 3 is 2.87 bits per heavy atom. The molecule has 8 heteroatoms. The zero-order valence-corrected chi connectivity index (χ0v) is 17.9. The Bertz CT molecular complexity index is 859. The summed E-state index contributed by atoms with van der Waals surface area (Å²) in [6.45, 7) is 1.89. The highest BCUT2D eigenvalue weighted by Gasteiger charge is 2.22. The monoisotopic (exact) mass is 412 g/mol. The molecular formula is C22H32N6O2. The highest BCUT2D eigenvalue weighted by molar-refractivity contribution is 5.80. The molecule has 30 heavy (non-hydrogen) atoms. The Kier molecular flexibility index (Phi) is 6.84. The summed E-state index contributed by atoms with van der Waals surface area (Å²) >= 11 is 0. The molecule has 2 aromatic rings. The van der Waals surface area contributed by atoms with E-state index in [4.69, 9.17) is 9.47 Å². The molecule has 1 saturated carbocycles. The second-order valence-electron chi connectivity index (χ2n) is 8.00. The van der Waals surface area contributed by atoms with Gasteiger partial charge in [-0.15, -0.1) is 0 Å². The molecule has 2 heterocycles. The molecule has 0 saturated heterocycles. The lowest BCUT2D eigenvalue weighted by atomic mass is 10.1. The number of fused-ring (bicyclic) bond motifs is 1. The maximum atomic E-state index is 6.25. The molecule has 1 aliphatic carbocycles. The number of ether oxygens (including phenoxy) is 2. The average molecular weight is 413 g/mol. The van der Waals surface area contributed by atoms with Crippen LogP contribution in [0.4, 0.5) is 0 Å². The van der Waals surface area contributed by atoms with Crippen LogP contribution in [0.5, 0.6) is 5.75 Å². The van der Waals surface area contributed by atoms with Crippen molar-refractivity contribution in [3.05, 3.63) is 41.5 Å². The van der Waals surface area contributed by atoms with Crippen LogP contribution >= 0.6 is 0 Å². The molecule has 0 spiro atoms. The Morgan fingerprint density at radius 1 is 1.23 bits per heavy atom. The third-order valence-corrected chi connectivity index (χ3v) is 5.75. The van der Waals surface area contributed by atoms with Gasteiger partial charge in [0.1, 0.15) is 18.2 Å². The Hall–Kier alpha value is -2.61. The van der Waals surface area contributed by atoms with E-state index in [1.165, 1.54) is 12.8 Å². The van der Waals surface area contributed by atoms with Crippen LogP contribution in [0.2, 0.25) is 0 Å². The van der Waals surface area contributed by atoms with Crippen molar-refractivity contribution in [1.82, 2.24) is 25.4 Å². The first kappa shape index (κ1) is 20.7. The predicted octanol–water partition coefficient (Wildman–Crippen LogP) is 2.43. The maximum absolute atomic E-state index is 6.25. The summed E-state index contributed by atoms with van der Waals surface area (Å²) in [6, 6.07) is 8.53. The lowest BCUT2D eigenvalue weighted by Gasteiger charge is -2.25. The number of aromatic nitrogens is 3. The van der Waals surface area contributed by atoms with Gasteiger partial charge in [0.05, 0.1) is 12.6 Å². The summed E-state index contributed by atoms with van der Waals surface area (Å²) in [5, 5.41) is 11.5.